The molecular weight excluding hydrogens is 93.1 g/mol. The van der Waals surface area contributed by atoms with Crippen LogP contribution in [0.15, 0.2) is 0 Å². The molecule has 0 saturated carbocycles. The Hall–Kier alpha value is 0.200. The van der Waals surface area contributed by atoms with Gasteiger partial charge in [0.05, 0.1) is 7.11 Å². The predicted molar refractivity (Wildman–Crippen MR) is 18.8 cm³/mol. The molecule has 32 valence electrons. The lowest BCUT2D eigenvalue weighted by molar-refractivity contribution is 0.161. The molecule has 1 N–H and O–H groups in total. The molecule has 2 nitrogen and oxygen atoms in total. The molecule has 0 aromatic heterocycles. The first-order valence-electron chi connectivity index (χ1n) is 0.971. The molecule has 0 saturated heterocycles. The maximum atomic E-state index is 10.7. The molecule has 0 spiro atoms. The summed E-state index contributed by atoms with van der Waals surface area (Å²) in [6, 6.07) is 0. The first-order valence-corrected chi connectivity index (χ1v) is 1.69. The zero-order chi connectivity index (χ0) is 4.12. The lowest BCUT2D eigenvalue weighted by atomic mass is 11.7. The van der Waals surface area contributed by atoms with Crippen LogP contribution in [-0.2, 0) is 4.84 Å². The van der Waals surface area contributed by atoms with Gasteiger partial charge in [-0.05, 0) is 0 Å². The normalized spacial score (nSPS) is 8.40. The van der Waals surface area contributed by atoms with Crippen LogP contribution in [0, 0.1) is 0 Å². The summed E-state index contributed by atoms with van der Waals surface area (Å²) in [5, 5.41) is 0. The van der Waals surface area contributed by atoms with Crippen LogP contribution in [0.1, 0.15) is 0 Å². The Balaban J connectivity index is 2.19. The number of rotatable bonds is 2. The number of halogens is 1. The van der Waals surface area contributed by atoms with E-state index in [4.69, 9.17) is 0 Å². The van der Waals surface area contributed by atoms with Crippen molar-refractivity contribution < 1.29 is 8.72 Å². The van der Waals surface area contributed by atoms with Crippen molar-refractivity contribution in [2.75, 3.05) is 7.11 Å². The minimum atomic E-state index is -0.0706. The maximum absolute atomic E-state index is 10.7. The second-order valence-electron chi connectivity index (χ2n) is 0.365. The van der Waals surface area contributed by atoms with Crippen LogP contribution >= 0.6 is 12.3 Å². The highest BCUT2D eigenvalue weighted by molar-refractivity contribution is 7.92. The van der Waals surface area contributed by atoms with Crippen LogP contribution in [0.4, 0.5) is 3.89 Å². The second kappa shape index (κ2) is 4.20. The van der Waals surface area contributed by atoms with E-state index in [1.807, 2.05) is 4.89 Å². The van der Waals surface area contributed by atoms with Gasteiger partial charge in [0, 0.05) is 0 Å². The van der Waals surface area contributed by atoms with Crippen LogP contribution in [0.2, 0.25) is 0 Å². The molecule has 0 rings (SSSR count). The lowest BCUT2D eigenvalue weighted by Crippen LogP contribution is -1.94. The van der Waals surface area contributed by atoms with Gasteiger partial charge in [0.25, 0.3) is 0 Å². The molecule has 4 heteroatoms. The van der Waals surface area contributed by atoms with Gasteiger partial charge in [-0.15, -0.1) is 8.77 Å². The largest absolute Gasteiger partial charge is 0.292 e. The fourth-order valence-electron chi connectivity index (χ4n) is 0.0315. The van der Waals surface area contributed by atoms with Crippen molar-refractivity contribution in [1.82, 2.24) is 4.89 Å². The van der Waals surface area contributed by atoms with Gasteiger partial charge in [-0.1, -0.05) is 0 Å². The van der Waals surface area contributed by atoms with Gasteiger partial charge in [-0.25, -0.2) is 0 Å². The molecule has 0 aliphatic carbocycles. The lowest BCUT2D eigenvalue weighted by Gasteiger charge is -1.83. The van der Waals surface area contributed by atoms with E-state index in [0.717, 1.165) is 0 Å². The molecule has 0 amide bonds. The highest BCUT2D eigenvalue weighted by Crippen LogP contribution is 1.87. The first-order chi connectivity index (χ1) is 2.41. The third kappa shape index (κ3) is 4.20. The van der Waals surface area contributed by atoms with Crippen LogP contribution in [-0.4, -0.2) is 7.11 Å². The van der Waals surface area contributed by atoms with Crippen molar-refractivity contribution in [3.8, 4) is 0 Å². The molecule has 0 aromatic carbocycles. The fraction of sp³-hybridized carbons (Fsp3) is 1.00. The highest BCUT2D eigenvalue weighted by atomic mass is 32.2. The Labute approximate surface area is 34.1 Å². The van der Waals surface area contributed by atoms with Crippen LogP contribution in [0.5, 0.6) is 0 Å². The van der Waals surface area contributed by atoms with Crippen LogP contribution in [0.25, 0.3) is 0 Å². The summed E-state index contributed by atoms with van der Waals surface area (Å²) in [6.07, 6.45) is 0. The van der Waals surface area contributed by atoms with Gasteiger partial charge in [-0.2, -0.15) is 0 Å². The fourth-order valence-corrected chi connectivity index (χ4v) is 0.0945. The molecule has 0 unspecified atom stereocenters. The van der Waals surface area contributed by atoms with Crippen LogP contribution in [0.3, 0.4) is 0 Å². The Morgan fingerprint density at radius 2 is 2.60 bits per heavy atom. The van der Waals surface area contributed by atoms with E-state index in [0.29, 0.717) is 0 Å². The van der Waals surface area contributed by atoms with E-state index in [1.54, 1.807) is 0 Å². The molecule has 0 fully saturated rings. The summed E-state index contributed by atoms with van der Waals surface area (Å²) in [6.45, 7) is 0. The van der Waals surface area contributed by atoms with Crippen molar-refractivity contribution >= 4 is 12.3 Å². The summed E-state index contributed by atoms with van der Waals surface area (Å²) in [7, 11) is 1.34. The van der Waals surface area contributed by atoms with Gasteiger partial charge < -0.3 is 0 Å². The number of nitrogens with one attached hydrogen (secondary N) is 1. The zero-order valence-electron chi connectivity index (χ0n) is 2.69. The molecule has 0 aliphatic heterocycles. The molecule has 0 atom stereocenters. The molecular formula is CH4FNOS. The van der Waals surface area contributed by atoms with Crippen molar-refractivity contribution in [2.24, 2.45) is 0 Å². The maximum Gasteiger partial charge on any atom is 0.157 e. The molecule has 0 bridgehead atoms. The molecule has 0 aromatic rings. The van der Waals surface area contributed by atoms with E-state index in [-0.39, 0.29) is 12.3 Å². The summed E-state index contributed by atoms with van der Waals surface area (Å²) >= 11 is -0.0706. The van der Waals surface area contributed by atoms with E-state index in [1.165, 1.54) is 7.11 Å². The SMILES string of the molecule is CONSF. The van der Waals surface area contributed by atoms with E-state index in [9.17, 15) is 3.89 Å². The standard InChI is InChI=1S/CH4FNOS/c1-4-3-5-2/h3H,1H3. The van der Waals surface area contributed by atoms with Crippen molar-refractivity contribution in [3.63, 3.8) is 0 Å². The van der Waals surface area contributed by atoms with Gasteiger partial charge >= 0.3 is 0 Å². The van der Waals surface area contributed by atoms with Gasteiger partial charge in [0.1, 0.15) is 0 Å². The summed E-state index contributed by atoms with van der Waals surface area (Å²) in [5.74, 6) is 0. The quantitative estimate of drug-likeness (QED) is 0.404. The highest BCUT2D eigenvalue weighted by Gasteiger charge is 1.67. The minimum Gasteiger partial charge on any atom is -0.292 e. The minimum absolute atomic E-state index is 0.0706. The molecule has 5 heavy (non-hydrogen) atoms. The van der Waals surface area contributed by atoms with Crippen LogP contribution < -0.4 is 4.89 Å². The Kier molecular flexibility index (Phi) is 4.37. The van der Waals surface area contributed by atoms with Crippen molar-refractivity contribution in [3.05, 3.63) is 0 Å². The Morgan fingerprint density at radius 3 is 2.60 bits per heavy atom. The number of hydrogen-bond donors (Lipinski definition) is 1. The van der Waals surface area contributed by atoms with E-state index >= 15 is 0 Å². The van der Waals surface area contributed by atoms with Crippen molar-refractivity contribution in [1.29, 1.82) is 0 Å². The van der Waals surface area contributed by atoms with Gasteiger partial charge in [-0.3, -0.25) is 4.84 Å². The average Bonchev–Trinajstić information content (AvgIpc) is 1.41. The third-order valence-corrected chi connectivity index (χ3v) is 0.344. The summed E-state index contributed by atoms with van der Waals surface area (Å²) < 4.78 is 10.7. The molecule has 0 aliphatic rings. The Bertz CT molecular complexity index is 19.1. The average molecular weight is 97.1 g/mol. The molecule has 0 heterocycles. The number of hydrogen-bond acceptors (Lipinski definition) is 3. The zero-order valence-corrected chi connectivity index (χ0v) is 3.51. The first kappa shape index (κ1) is 5.20. The topological polar surface area (TPSA) is 21.3 Å². The van der Waals surface area contributed by atoms with E-state index in [2.05, 4.69) is 4.84 Å². The molecule has 0 radical (unpaired) electrons. The van der Waals surface area contributed by atoms with Gasteiger partial charge in [0.15, 0.2) is 12.3 Å². The monoisotopic (exact) mass is 97.0 g/mol. The Morgan fingerprint density at radius 1 is 2.00 bits per heavy atom. The smallest absolute Gasteiger partial charge is 0.157 e. The second-order valence-corrected chi connectivity index (χ2v) is 0.686. The predicted octanol–water partition coefficient (Wildman–Crippen LogP) is 0.670. The van der Waals surface area contributed by atoms with E-state index < -0.39 is 0 Å². The van der Waals surface area contributed by atoms with Gasteiger partial charge in [0.2, 0.25) is 0 Å². The summed E-state index contributed by atoms with van der Waals surface area (Å²) in [4.78, 5) is 5.89. The van der Waals surface area contributed by atoms with Crippen molar-refractivity contribution in [2.45, 2.75) is 0 Å². The third-order valence-electron chi connectivity index (χ3n) is 0.115. The summed E-state index contributed by atoms with van der Waals surface area (Å²) in [5.41, 5.74) is 0.